The molecule has 260 valence electrons. The Morgan fingerprint density at radius 1 is 0.961 bits per heavy atom. The lowest BCUT2D eigenvalue weighted by Crippen LogP contribution is -2.42. The van der Waals surface area contributed by atoms with E-state index in [-0.39, 0.29) is 46.0 Å². The molecule has 3 N–H and O–H groups in total. The third-order valence-electron chi connectivity index (χ3n) is 7.43. The van der Waals surface area contributed by atoms with Crippen molar-refractivity contribution >= 4 is 40.9 Å². The molecule has 0 aliphatic carbocycles. The van der Waals surface area contributed by atoms with Crippen molar-refractivity contribution in [2.45, 2.75) is 39.1 Å². The molecule has 3 aromatic carbocycles. The van der Waals surface area contributed by atoms with E-state index in [4.69, 9.17) is 9.47 Å². The molecular weight excluding hydrogens is 664 g/mol. The van der Waals surface area contributed by atoms with Gasteiger partial charge in [-0.15, -0.1) is 0 Å². The highest BCUT2D eigenvalue weighted by Crippen LogP contribution is 2.30. The third kappa shape index (κ3) is 7.72. The van der Waals surface area contributed by atoms with Crippen molar-refractivity contribution in [2.24, 2.45) is 4.99 Å². The number of nitrogens with one attached hydrogen (secondary N) is 3. The highest BCUT2D eigenvalue weighted by molar-refractivity contribution is 6.20. The SMILES string of the molecule is CC(C)(C)OC(=O)NCC(=O)OCc1ccc(-c2nn3cccnc3c2C(=O)N[C@H]2N=C(c3ccccc3)c3cccc(F)c3NC2=O)c(F)c1. The Morgan fingerprint density at radius 2 is 1.75 bits per heavy atom. The van der Waals surface area contributed by atoms with Crippen LogP contribution in [0, 0.1) is 11.6 Å². The summed E-state index contributed by atoms with van der Waals surface area (Å²) in [4.78, 5) is 60.2. The molecule has 1 aliphatic rings. The lowest BCUT2D eigenvalue weighted by atomic mass is 10.0. The van der Waals surface area contributed by atoms with E-state index in [1.54, 1.807) is 63.2 Å². The Balaban J connectivity index is 1.26. The van der Waals surface area contributed by atoms with Crippen LogP contribution in [0.4, 0.5) is 19.3 Å². The molecule has 0 spiro atoms. The summed E-state index contributed by atoms with van der Waals surface area (Å²) >= 11 is 0. The minimum absolute atomic E-state index is 0.0653. The van der Waals surface area contributed by atoms with Crippen molar-refractivity contribution in [3.05, 3.63) is 119 Å². The van der Waals surface area contributed by atoms with E-state index in [9.17, 15) is 23.6 Å². The summed E-state index contributed by atoms with van der Waals surface area (Å²) in [5.74, 6) is -3.91. The fourth-order valence-electron chi connectivity index (χ4n) is 5.22. The molecule has 0 radical (unpaired) electrons. The molecule has 0 saturated heterocycles. The molecule has 51 heavy (non-hydrogen) atoms. The number of amides is 3. The van der Waals surface area contributed by atoms with Gasteiger partial charge in [-0.1, -0.05) is 48.5 Å². The van der Waals surface area contributed by atoms with Crippen LogP contribution in [0.25, 0.3) is 16.9 Å². The van der Waals surface area contributed by atoms with E-state index >= 15 is 4.39 Å². The zero-order chi connectivity index (χ0) is 36.3. The first-order valence-corrected chi connectivity index (χ1v) is 15.7. The lowest BCUT2D eigenvalue weighted by Gasteiger charge is -2.19. The van der Waals surface area contributed by atoms with Crippen LogP contribution >= 0.6 is 0 Å². The van der Waals surface area contributed by atoms with Gasteiger partial charge in [-0.2, -0.15) is 5.10 Å². The lowest BCUT2D eigenvalue weighted by molar-refractivity contribution is -0.143. The average molecular weight is 696 g/mol. The number of benzene rings is 3. The van der Waals surface area contributed by atoms with Crippen LogP contribution in [0.1, 0.15) is 47.8 Å². The van der Waals surface area contributed by atoms with E-state index in [2.05, 4.69) is 31.0 Å². The van der Waals surface area contributed by atoms with Crippen LogP contribution in [-0.4, -0.2) is 62.5 Å². The van der Waals surface area contributed by atoms with Gasteiger partial charge in [-0.3, -0.25) is 14.4 Å². The van der Waals surface area contributed by atoms with Crippen LogP contribution in [0.5, 0.6) is 0 Å². The van der Waals surface area contributed by atoms with Crippen LogP contribution in [0.3, 0.4) is 0 Å². The van der Waals surface area contributed by atoms with Gasteiger partial charge in [0, 0.05) is 29.1 Å². The number of alkyl carbamates (subject to hydrolysis) is 1. The zero-order valence-corrected chi connectivity index (χ0v) is 27.6. The number of halogens is 2. The first-order valence-electron chi connectivity index (χ1n) is 15.7. The van der Waals surface area contributed by atoms with Crippen LogP contribution in [-0.2, 0) is 25.7 Å². The predicted molar refractivity (Wildman–Crippen MR) is 181 cm³/mol. The number of aromatic nitrogens is 3. The Morgan fingerprint density at radius 3 is 2.49 bits per heavy atom. The number of aliphatic imine (C=N–C) groups is 1. The molecule has 3 heterocycles. The number of rotatable bonds is 8. The van der Waals surface area contributed by atoms with Crippen molar-refractivity contribution in [1.82, 2.24) is 25.2 Å². The maximum Gasteiger partial charge on any atom is 0.408 e. The molecule has 6 rings (SSSR count). The predicted octanol–water partition coefficient (Wildman–Crippen LogP) is 4.79. The second kappa shape index (κ2) is 14.2. The average Bonchev–Trinajstić information content (AvgIpc) is 3.41. The number of hydrogen-bond donors (Lipinski definition) is 3. The van der Waals surface area contributed by atoms with Gasteiger partial charge in [-0.25, -0.2) is 28.1 Å². The van der Waals surface area contributed by atoms with Gasteiger partial charge in [-0.05, 0) is 50.6 Å². The van der Waals surface area contributed by atoms with Gasteiger partial charge in [0.15, 0.2) is 5.65 Å². The number of para-hydroxylation sites is 1. The van der Waals surface area contributed by atoms with E-state index in [1.165, 1.54) is 41.2 Å². The number of anilines is 1. The van der Waals surface area contributed by atoms with Gasteiger partial charge in [0.2, 0.25) is 6.17 Å². The molecule has 3 amide bonds. The van der Waals surface area contributed by atoms with Gasteiger partial charge < -0.3 is 25.4 Å². The molecule has 2 aromatic heterocycles. The van der Waals surface area contributed by atoms with Crippen LogP contribution in [0.15, 0.2) is 90.2 Å². The molecular formula is C36H31F2N7O6. The maximum absolute atomic E-state index is 15.7. The first kappa shape index (κ1) is 34.4. The quantitative estimate of drug-likeness (QED) is 0.195. The largest absolute Gasteiger partial charge is 0.459 e. The normalized spacial score (nSPS) is 14.1. The van der Waals surface area contributed by atoms with E-state index < -0.39 is 53.8 Å². The molecule has 5 aromatic rings. The van der Waals surface area contributed by atoms with Crippen molar-refractivity contribution < 1.29 is 37.4 Å². The Bertz CT molecular complexity index is 2200. The Labute approximate surface area is 289 Å². The number of carbonyl (C=O) groups is 4. The molecule has 1 atom stereocenters. The zero-order valence-electron chi connectivity index (χ0n) is 27.6. The summed E-state index contributed by atoms with van der Waals surface area (Å²) < 4.78 is 42.2. The summed E-state index contributed by atoms with van der Waals surface area (Å²) in [6, 6.07) is 18.6. The number of carbonyl (C=O) groups excluding carboxylic acids is 4. The molecule has 0 saturated carbocycles. The second-order valence-corrected chi connectivity index (χ2v) is 12.3. The van der Waals surface area contributed by atoms with Gasteiger partial charge in [0.25, 0.3) is 11.8 Å². The van der Waals surface area contributed by atoms with Crippen molar-refractivity contribution in [3.8, 4) is 11.3 Å². The molecule has 15 heteroatoms. The molecule has 0 bridgehead atoms. The highest BCUT2D eigenvalue weighted by Gasteiger charge is 2.32. The molecule has 1 aliphatic heterocycles. The van der Waals surface area contributed by atoms with Crippen LogP contribution < -0.4 is 16.0 Å². The van der Waals surface area contributed by atoms with Gasteiger partial charge in [0.05, 0.1) is 11.4 Å². The molecule has 0 fully saturated rings. The second-order valence-electron chi connectivity index (χ2n) is 12.3. The first-order chi connectivity index (χ1) is 24.4. The summed E-state index contributed by atoms with van der Waals surface area (Å²) in [5, 5.41) is 11.8. The Hall–Kier alpha value is -6.51. The monoisotopic (exact) mass is 695 g/mol. The maximum atomic E-state index is 15.7. The van der Waals surface area contributed by atoms with Gasteiger partial charge in [0.1, 0.15) is 41.6 Å². The topological polar surface area (TPSA) is 165 Å². The fourth-order valence-corrected chi connectivity index (χ4v) is 5.22. The number of hydrogen-bond acceptors (Lipinski definition) is 9. The molecule has 13 nitrogen and oxygen atoms in total. The number of benzodiazepines with no additional fused rings is 1. The number of ether oxygens (including phenoxy) is 2. The highest BCUT2D eigenvalue weighted by atomic mass is 19.1. The number of nitrogens with zero attached hydrogens (tertiary/aromatic N) is 4. The number of fused-ring (bicyclic) bond motifs is 2. The van der Waals surface area contributed by atoms with Crippen molar-refractivity contribution in [3.63, 3.8) is 0 Å². The summed E-state index contributed by atoms with van der Waals surface area (Å²) in [6.45, 7) is 4.26. The summed E-state index contributed by atoms with van der Waals surface area (Å²) in [7, 11) is 0. The van der Waals surface area contributed by atoms with Crippen LogP contribution in [0.2, 0.25) is 0 Å². The smallest absolute Gasteiger partial charge is 0.408 e. The minimum Gasteiger partial charge on any atom is -0.459 e. The standard InChI is InChI=1S/C36H31F2N7O6/c1-36(2,3)51-35(49)40-18-26(46)50-19-20-13-14-22(25(38)17-20)30-27(32-39-15-8-16-45(32)44-30)33(47)43-31-34(48)42-29-23(11-7-12-24(29)37)28(41-31)21-9-5-4-6-10-21/h4-17,31H,18-19H2,1-3H3,(H,40,49)(H,42,48)(H,43,47)/t31-/m1/s1. The number of esters is 1. The van der Waals surface area contributed by atoms with Crippen molar-refractivity contribution in [2.75, 3.05) is 11.9 Å². The van der Waals surface area contributed by atoms with Gasteiger partial charge >= 0.3 is 12.1 Å². The summed E-state index contributed by atoms with van der Waals surface area (Å²) in [6.07, 6.45) is 0.617. The third-order valence-corrected chi connectivity index (χ3v) is 7.43. The Kier molecular flexibility index (Phi) is 9.53. The van der Waals surface area contributed by atoms with E-state index in [1.807, 2.05) is 0 Å². The fraction of sp³-hybridized carbons (Fsp3) is 0.194. The minimum atomic E-state index is -1.53. The van der Waals surface area contributed by atoms with E-state index in [0.29, 0.717) is 11.1 Å². The summed E-state index contributed by atoms with van der Waals surface area (Å²) in [5.41, 5.74) is 0.325. The van der Waals surface area contributed by atoms with Crippen molar-refractivity contribution in [1.29, 1.82) is 0 Å². The van der Waals surface area contributed by atoms with E-state index in [0.717, 1.165) is 6.07 Å². The molecule has 0 unspecified atom stereocenters.